The minimum Gasteiger partial charge on any atom is -0.496 e. The van der Waals surface area contributed by atoms with Crippen molar-refractivity contribution in [1.29, 1.82) is 0 Å². The summed E-state index contributed by atoms with van der Waals surface area (Å²) in [5.41, 5.74) is 1.05. The van der Waals surface area contributed by atoms with Crippen molar-refractivity contribution in [1.82, 2.24) is 0 Å². The maximum absolute atomic E-state index is 12.0. The predicted molar refractivity (Wildman–Crippen MR) is 71.3 cm³/mol. The number of carbonyl (C=O) groups excluding carboxylic acids is 1. The average molecular weight is 297 g/mol. The third-order valence-corrected chi connectivity index (χ3v) is 4.05. The van der Waals surface area contributed by atoms with E-state index in [2.05, 4.69) is 22.9 Å². The highest BCUT2D eigenvalue weighted by atomic mass is 79.9. The van der Waals surface area contributed by atoms with Crippen molar-refractivity contribution in [3.05, 3.63) is 28.2 Å². The number of ether oxygens (including phenoxy) is 1. The molecule has 0 saturated heterocycles. The van der Waals surface area contributed by atoms with Crippen LogP contribution in [0.4, 0.5) is 0 Å². The SMILES string of the molecule is COc1ccc(CC(=O)C(C)C2CC2)cc1Br. The highest BCUT2D eigenvalue weighted by Gasteiger charge is 2.32. The minimum absolute atomic E-state index is 0.218. The van der Waals surface area contributed by atoms with Crippen LogP contribution in [0.5, 0.6) is 5.75 Å². The number of ketones is 1. The highest BCUT2D eigenvalue weighted by Crippen LogP contribution is 2.37. The zero-order chi connectivity index (χ0) is 12.4. The van der Waals surface area contributed by atoms with Gasteiger partial charge in [-0.1, -0.05) is 13.0 Å². The first-order valence-corrected chi connectivity index (χ1v) is 6.76. The van der Waals surface area contributed by atoms with Gasteiger partial charge in [-0.25, -0.2) is 0 Å². The molecule has 0 heterocycles. The number of hydrogen-bond donors (Lipinski definition) is 0. The van der Waals surface area contributed by atoms with Crippen molar-refractivity contribution in [2.75, 3.05) is 7.11 Å². The van der Waals surface area contributed by atoms with E-state index in [1.54, 1.807) is 7.11 Å². The number of hydrogen-bond acceptors (Lipinski definition) is 2. The zero-order valence-corrected chi connectivity index (χ0v) is 11.8. The van der Waals surface area contributed by atoms with E-state index < -0.39 is 0 Å². The first-order chi connectivity index (χ1) is 8.11. The first kappa shape index (κ1) is 12.6. The quantitative estimate of drug-likeness (QED) is 0.830. The highest BCUT2D eigenvalue weighted by molar-refractivity contribution is 9.10. The second kappa shape index (κ2) is 5.21. The lowest BCUT2D eigenvalue weighted by Crippen LogP contribution is -2.15. The number of methoxy groups -OCH3 is 1. The number of rotatable bonds is 5. The minimum atomic E-state index is 0.218. The zero-order valence-electron chi connectivity index (χ0n) is 10.2. The summed E-state index contributed by atoms with van der Waals surface area (Å²) in [6, 6.07) is 5.83. The van der Waals surface area contributed by atoms with Crippen molar-refractivity contribution < 1.29 is 9.53 Å². The largest absolute Gasteiger partial charge is 0.496 e. The van der Waals surface area contributed by atoms with E-state index in [1.165, 1.54) is 12.8 Å². The van der Waals surface area contributed by atoms with Crippen LogP contribution in [-0.2, 0) is 11.2 Å². The molecule has 1 aliphatic rings. The second-order valence-corrected chi connectivity index (χ2v) is 5.59. The summed E-state index contributed by atoms with van der Waals surface area (Å²) >= 11 is 3.44. The third kappa shape index (κ3) is 3.09. The molecule has 0 aliphatic heterocycles. The Morgan fingerprint density at radius 2 is 2.24 bits per heavy atom. The molecular formula is C14H17BrO2. The van der Waals surface area contributed by atoms with Crippen LogP contribution in [0, 0.1) is 11.8 Å². The van der Waals surface area contributed by atoms with Gasteiger partial charge in [0.2, 0.25) is 0 Å². The summed E-state index contributed by atoms with van der Waals surface area (Å²) in [5, 5.41) is 0. The molecule has 2 nitrogen and oxygen atoms in total. The van der Waals surface area contributed by atoms with Gasteiger partial charge in [0.05, 0.1) is 11.6 Å². The van der Waals surface area contributed by atoms with Gasteiger partial charge in [0.1, 0.15) is 11.5 Å². The lowest BCUT2D eigenvalue weighted by molar-refractivity contribution is -0.122. The van der Waals surface area contributed by atoms with Gasteiger partial charge >= 0.3 is 0 Å². The summed E-state index contributed by atoms with van der Waals surface area (Å²) in [7, 11) is 1.64. The number of benzene rings is 1. The monoisotopic (exact) mass is 296 g/mol. The lowest BCUT2D eigenvalue weighted by Gasteiger charge is -2.10. The number of Topliss-reactive ketones (excluding diaryl/α,β-unsaturated/α-hetero) is 1. The van der Waals surface area contributed by atoms with E-state index >= 15 is 0 Å². The Bertz CT molecular complexity index is 424. The summed E-state index contributed by atoms with van der Waals surface area (Å²) in [6.45, 7) is 2.05. The molecule has 0 radical (unpaired) electrons. The lowest BCUT2D eigenvalue weighted by atomic mass is 9.95. The molecule has 0 bridgehead atoms. The van der Waals surface area contributed by atoms with Gasteiger partial charge < -0.3 is 4.74 Å². The molecule has 0 N–H and O–H groups in total. The van der Waals surface area contributed by atoms with Crippen LogP contribution in [0.3, 0.4) is 0 Å². The van der Waals surface area contributed by atoms with Gasteiger partial charge in [0.25, 0.3) is 0 Å². The van der Waals surface area contributed by atoms with E-state index in [0.717, 1.165) is 15.8 Å². The molecule has 3 heteroatoms. The predicted octanol–water partition coefficient (Wildman–Crippen LogP) is 3.62. The average Bonchev–Trinajstić information content (AvgIpc) is 3.12. The molecule has 2 rings (SSSR count). The van der Waals surface area contributed by atoms with E-state index in [9.17, 15) is 4.79 Å². The molecule has 92 valence electrons. The van der Waals surface area contributed by atoms with Crippen LogP contribution < -0.4 is 4.74 Å². The first-order valence-electron chi connectivity index (χ1n) is 5.97. The van der Waals surface area contributed by atoms with Crippen LogP contribution in [0.15, 0.2) is 22.7 Å². The molecule has 0 spiro atoms. The Labute approximate surface area is 110 Å². The van der Waals surface area contributed by atoms with Crippen LogP contribution in [0.2, 0.25) is 0 Å². The van der Waals surface area contributed by atoms with Crippen molar-refractivity contribution in [2.24, 2.45) is 11.8 Å². The molecule has 0 amide bonds. The molecule has 1 saturated carbocycles. The van der Waals surface area contributed by atoms with E-state index in [0.29, 0.717) is 18.1 Å². The van der Waals surface area contributed by atoms with Crippen LogP contribution >= 0.6 is 15.9 Å². The van der Waals surface area contributed by atoms with Gasteiger partial charge in [-0.3, -0.25) is 4.79 Å². The second-order valence-electron chi connectivity index (χ2n) is 4.74. The van der Waals surface area contributed by atoms with E-state index in [4.69, 9.17) is 4.74 Å². The van der Waals surface area contributed by atoms with Crippen LogP contribution in [0.1, 0.15) is 25.3 Å². The molecular weight excluding hydrogens is 280 g/mol. The molecule has 1 fully saturated rings. The Hall–Kier alpha value is -0.830. The van der Waals surface area contributed by atoms with E-state index in [1.807, 2.05) is 18.2 Å². The van der Waals surface area contributed by atoms with Gasteiger partial charge in [-0.2, -0.15) is 0 Å². The molecule has 1 aromatic rings. The molecule has 1 atom stereocenters. The Kier molecular flexibility index (Phi) is 3.87. The summed E-state index contributed by atoms with van der Waals surface area (Å²) in [4.78, 5) is 12.0. The summed E-state index contributed by atoms with van der Waals surface area (Å²) < 4.78 is 6.08. The van der Waals surface area contributed by atoms with Crippen LogP contribution in [-0.4, -0.2) is 12.9 Å². The molecule has 17 heavy (non-hydrogen) atoms. The molecule has 0 aromatic heterocycles. The van der Waals surface area contributed by atoms with Crippen molar-refractivity contribution in [3.8, 4) is 5.75 Å². The Balaban J connectivity index is 2.02. The number of halogens is 1. The molecule has 1 unspecified atom stereocenters. The molecule has 1 aromatic carbocycles. The fourth-order valence-electron chi connectivity index (χ4n) is 2.04. The van der Waals surface area contributed by atoms with Gasteiger partial charge in [-0.05, 0) is 52.4 Å². The van der Waals surface area contributed by atoms with Gasteiger partial charge in [0, 0.05) is 12.3 Å². The van der Waals surface area contributed by atoms with Crippen molar-refractivity contribution in [2.45, 2.75) is 26.2 Å². The standard InChI is InChI=1S/C14H17BrO2/c1-9(11-4-5-11)13(16)8-10-3-6-14(17-2)12(15)7-10/h3,6-7,9,11H,4-5,8H2,1-2H3. The smallest absolute Gasteiger partial charge is 0.140 e. The Morgan fingerprint density at radius 1 is 1.53 bits per heavy atom. The Morgan fingerprint density at radius 3 is 2.76 bits per heavy atom. The van der Waals surface area contributed by atoms with E-state index in [-0.39, 0.29) is 5.92 Å². The third-order valence-electron chi connectivity index (χ3n) is 3.43. The normalized spacial score (nSPS) is 16.6. The molecule has 1 aliphatic carbocycles. The van der Waals surface area contributed by atoms with Gasteiger partial charge in [0.15, 0.2) is 0 Å². The van der Waals surface area contributed by atoms with Crippen LogP contribution in [0.25, 0.3) is 0 Å². The van der Waals surface area contributed by atoms with Crippen molar-refractivity contribution in [3.63, 3.8) is 0 Å². The number of carbonyl (C=O) groups is 1. The fourth-order valence-corrected chi connectivity index (χ4v) is 2.63. The maximum atomic E-state index is 12.0. The topological polar surface area (TPSA) is 26.3 Å². The summed E-state index contributed by atoms with van der Waals surface area (Å²) in [6.07, 6.45) is 2.97. The fraction of sp³-hybridized carbons (Fsp3) is 0.500. The summed E-state index contributed by atoms with van der Waals surface area (Å²) in [5.74, 6) is 2.01. The van der Waals surface area contributed by atoms with Gasteiger partial charge in [-0.15, -0.1) is 0 Å². The maximum Gasteiger partial charge on any atom is 0.140 e. The van der Waals surface area contributed by atoms with Crippen molar-refractivity contribution >= 4 is 21.7 Å².